The normalized spacial score (nSPS) is 11.1. The Kier molecular flexibility index (Phi) is 3.62. The predicted octanol–water partition coefficient (Wildman–Crippen LogP) is 3.03. The summed E-state index contributed by atoms with van der Waals surface area (Å²) in [6.07, 6.45) is 0. The number of pyridine rings is 1. The Morgan fingerprint density at radius 2 is 1.95 bits per heavy atom. The van der Waals surface area contributed by atoms with Gasteiger partial charge in [-0.1, -0.05) is 12.1 Å². The molecule has 0 atom stereocenters. The van der Waals surface area contributed by atoms with E-state index < -0.39 is 0 Å². The van der Waals surface area contributed by atoms with E-state index in [2.05, 4.69) is 10.3 Å². The fourth-order valence-corrected chi connectivity index (χ4v) is 2.39. The van der Waals surface area contributed by atoms with E-state index >= 15 is 0 Å². The fourth-order valence-electron chi connectivity index (χ4n) is 2.39. The lowest BCUT2D eigenvalue weighted by atomic mass is 10.1. The van der Waals surface area contributed by atoms with Crippen LogP contribution in [0.3, 0.4) is 0 Å². The number of aromatic nitrogens is 1. The molecule has 21 heavy (non-hydrogen) atoms. The van der Waals surface area contributed by atoms with Gasteiger partial charge in [0.05, 0.1) is 6.54 Å². The van der Waals surface area contributed by atoms with Gasteiger partial charge in [-0.15, -0.1) is 0 Å². The first-order chi connectivity index (χ1) is 10.1. The number of aryl methyl sites for hydroxylation is 2. The zero-order chi connectivity index (χ0) is 14.8. The van der Waals surface area contributed by atoms with E-state index in [1.165, 1.54) is 0 Å². The minimum absolute atomic E-state index is 0.0452. The quantitative estimate of drug-likeness (QED) is 0.773. The molecule has 2 heterocycles. The zero-order valence-corrected chi connectivity index (χ0v) is 12.2. The highest BCUT2D eigenvalue weighted by Crippen LogP contribution is 2.13. The van der Waals surface area contributed by atoms with Gasteiger partial charge in [-0.2, -0.15) is 0 Å². The van der Waals surface area contributed by atoms with Crippen molar-refractivity contribution in [1.29, 1.82) is 0 Å². The first-order valence-corrected chi connectivity index (χ1v) is 7.00. The Labute approximate surface area is 122 Å². The molecule has 2 aromatic heterocycles. The number of hydrogen-bond donors (Lipinski definition) is 2. The molecule has 0 aliphatic heterocycles. The fraction of sp³-hybridized carbons (Fsp3) is 0.235. The average molecular weight is 282 g/mol. The Balaban J connectivity index is 1.76. The molecular weight excluding hydrogens is 264 g/mol. The maximum atomic E-state index is 12.1. The van der Waals surface area contributed by atoms with E-state index in [0.29, 0.717) is 13.1 Å². The van der Waals surface area contributed by atoms with Gasteiger partial charge in [0.1, 0.15) is 11.5 Å². The monoisotopic (exact) mass is 282 g/mol. The zero-order valence-electron chi connectivity index (χ0n) is 12.2. The molecule has 4 nitrogen and oxygen atoms in total. The van der Waals surface area contributed by atoms with Crippen molar-refractivity contribution in [2.45, 2.75) is 26.9 Å². The Morgan fingerprint density at radius 3 is 2.71 bits per heavy atom. The molecule has 1 aromatic carbocycles. The first kappa shape index (κ1) is 13.6. The highest BCUT2D eigenvalue weighted by atomic mass is 16.3. The van der Waals surface area contributed by atoms with Crippen molar-refractivity contribution in [3.05, 3.63) is 69.4 Å². The van der Waals surface area contributed by atoms with Crippen LogP contribution in [0.5, 0.6) is 0 Å². The van der Waals surface area contributed by atoms with Crippen molar-refractivity contribution in [1.82, 2.24) is 10.3 Å². The molecule has 2 N–H and O–H groups in total. The number of hydrogen-bond acceptors (Lipinski definition) is 3. The smallest absolute Gasteiger partial charge is 0.252 e. The van der Waals surface area contributed by atoms with Crippen LogP contribution in [0.4, 0.5) is 0 Å². The van der Waals surface area contributed by atoms with Crippen LogP contribution in [0.25, 0.3) is 10.9 Å². The molecule has 3 aromatic rings. The lowest BCUT2D eigenvalue weighted by molar-refractivity contribution is 0.461. The number of fused-ring (bicyclic) bond motifs is 1. The van der Waals surface area contributed by atoms with Gasteiger partial charge >= 0.3 is 0 Å². The molecule has 0 amide bonds. The van der Waals surface area contributed by atoms with Gasteiger partial charge in [0.25, 0.3) is 5.56 Å². The molecule has 108 valence electrons. The van der Waals surface area contributed by atoms with Crippen molar-refractivity contribution < 1.29 is 4.42 Å². The summed E-state index contributed by atoms with van der Waals surface area (Å²) in [5.41, 5.74) is 2.70. The van der Waals surface area contributed by atoms with Gasteiger partial charge in [0.2, 0.25) is 0 Å². The van der Waals surface area contributed by atoms with Gasteiger partial charge < -0.3 is 14.7 Å². The van der Waals surface area contributed by atoms with Crippen LogP contribution in [0.1, 0.15) is 22.6 Å². The molecule has 0 saturated heterocycles. The van der Waals surface area contributed by atoms with Crippen molar-refractivity contribution >= 4 is 10.9 Å². The second-order valence-electron chi connectivity index (χ2n) is 5.33. The van der Waals surface area contributed by atoms with Gasteiger partial charge in [-0.05, 0) is 49.1 Å². The topological polar surface area (TPSA) is 58.0 Å². The van der Waals surface area contributed by atoms with Crippen molar-refractivity contribution in [2.24, 2.45) is 0 Å². The van der Waals surface area contributed by atoms with Crippen molar-refractivity contribution in [2.75, 3.05) is 0 Å². The summed E-state index contributed by atoms with van der Waals surface area (Å²) in [6.45, 7) is 5.05. The molecule has 0 radical (unpaired) electrons. The minimum atomic E-state index is -0.0452. The van der Waals surface area contributed by atoms with E-state index in [1.807, 2.05) is 50.2 Å². The highest BCUT2D eigenvalue weighted by Gasteiger charge is 2.04. The van der Waals surface area contributed by atoms with E-state index in [-0.39, 0.29) is 5.56 Å². The maximum absolute atomic E-state index is 12.1. The second-order valence-corrected chi connectivity index (χ2v) is 5.33. The van der Waals surface area contributed by atoms with Crippen LogP contribution >= 0.6 is 0 Å². The largest absolute Gasteiger partial charge is 0.465 e. The summed E-state index contributed by atoms with van der Waals surface area (Å²) in [6, 6.07) is 11.9. The van der Waals surface area contributed by atoms with E-state index in [4.69, 9.17) is 4.42 Å². The summed E-state index contributed by atoms with van der Waals surface area (Å²) in [5.74, 6) is 1.77. The van der Waals surface area contributed by atoms with Crippen LogP contribution in [0.15, 0.2) is 45.6 Å². The number of furan rings is 1. The number of benzene rings is 1. The van der Waals surface area contributed by atoms with Crippen LogP contribution in [0.2, 0.25) is 0 Å². The summed E-state index contributed by atoms with van der Waals surface area (Å²) < 4.78 is 5.49. The molecule has 0 bridgehead atoms. The van der Waals surface area contributed by atoms with Crippen molar-refractivity contribution in [3.8, 4) is 0 Å². The van der Waals surface area contributed by atoms with Gasteiger partial charge in [0.15, 0.2) is 0 Å². The standard InChI is InChI=1S/C17H18N2O2/c1-11-3-5-13-8-14(17(20)19-16(13)7-11)9-18-10-15-6-4-12(2)21-15/h3-8,18H,9-10H2,1-2H3,(H,19,20). The Bertz CT molecular complexity index is 830. The lowest BCUT2D eigenvalue weighted by Crippen LogP contribution is -2.20. The summed E-state index contributed by atoms with van der Waals surface area (Å²) in [7, 11) is 0. The van der Waals surface area contributed by atoms with Crippen molar-refractivity contribution in [3.63, 3.8) is 0 Å². The van der Waals surface area contributed by atoms with Crippen LogP contribution in [-0.2, 0) is 13.1 Å². The molecule has 0 aliphatic carbocycles. The SMILES string of the molecule is Cc1ccc2cc(CNCc3ccc(C)o3)c(=O)[nH]c2c1. The third kappa shape index (κ3) is 3.06. The number of rotatable bonds is 4. The van der Waals surface area contributed by atoms with Crippen LogP contribution in [0, 0.1) is 13.8 Å². The second kappa shape index (κ2) is 5.58. The molecule has 0 aliphatic rings. The van der Waals surface area contributed by atoms with E-state index in [0.717, 1.165) is 33.6 Å². The molecule has 0 unspecified atom stereocenters. The van der Waals surface area contributed by atoms with E-state index in [1.54, 1.807) is 0 Å². The van der Waals surface area contributed by atoms with Gasteiger partial charge in [-0.3, -0.25) is 4.79 Å². The molecule has 0 fully saturated rings. The summed E-state index contributed by atoms with van der Waals surface area (Å²) in [5, 5.41) is 4.28. The van der Waals surface area contributed by atoms with Crippen LogP contribution < -0.4 is 10.9 Å². The number of nitrogens with one attached hydrogen (secondary N) is 2. The number of aromatic amines is 1. The first-order valence-electron chi connectivity index (χ1n) is 7.00. The third-order valence-corrected chi connectivity index (χ3v) is 3.49. The Morgan fingerprint density at radius 1 is 1.10 bits per heavy atom. The summed E-state index contributed by atoms with van der Waals surface area (Å²) in [4.78, 5) is 15.0. The van der Waals surface area contributed by atoms with Gasteiger partial charge in [-0.25, -0.2) is 0 Å². The minimum Gasteiger partial charge on any atom is -0.465 e. The van der Waals surface area contributed by atoms with E-state index in [9.17, 15) is 4.79 Å². The predicted molar refractivity (Wildman–Crippen MR) is 83.3 cm³/mol. The number of H-pyrrole nitrogens is 1. The molecule has 0 spiro atoms. The maximum Gasteiger partial charge on any atom is 0.252 e. The van der Waals surface area contributed by atoms with Crippen LogP contribution in [-0.4, -0.2) is 4.98 Å². The Hall–Kier alpha value is -2.33. The molecular formula is C17H18N2O2. The third-order valence-electron chi connectivity index (χ3n) is 3.49. The molecule has 0 saturated carbocycles. The summed E-state index contributed by atoms with van der Waals surface area (Å²) >= 11 is 0. The molecule has 4 heteroatoms. The van der Waals surface area contributed by atoms with Gasteiger partial charge in [0, 0.05) is 17.6 Å². The average Bonchev–Trinajstić information content (AvgIpc) is 2.85. The lowest BCUT2D eigenvalue weighted by Gasteiger charge is -2.05. The molecule has 3 rings (SSSR count). The highest BCUT2D eigenvalue weighted by molar-refractivity contribution is 5.79.